The van der Waals surface area contributed by atoms with Gasteiger partial charge >= 0.3 is 19.8 Å². The molecule has 0 aliphatic carbocycles. The normalized spacial score (nSPS) is 13.0. The highest BCUT2D eigenvalue weighted by atomic mass is 31.2. The van der Waals surface area contributed by atoms with Crippen LogP contribution >= 0.6 is 7.82 Å². The van der Waals surface area contributed by atoms with Gasteiger partial charge in [-0.2, -0.15) is 0 Å². The third-order valence-electron chi connectivity index (χ3n) is 13.9. The molecule has 0 aliphatic heterocycles. The Labute approximate surface area is 434 Å². The van der Waals surface area contributed by atoms with Crippen LogP contribution < -0.4 is 5.73 Å². The van der Waals surface area contributed by atoms with Crippen LogP contribution in [0.1, 0.15) is 328 Å². The van der Waals surface area contributed by atoms with Crippen molar-refractivity contribution in [2.75, 3.05) is 26.4 Å². The first-order chi connectivity index (χ1) is 34.3. The number of nitrogens with two attached hydrogens (primary N) is 1. The van der Waals surface area contributed by atoms with Gasteiger partial charge in [0.05, 0.1) is 13.2 Å². The minimum Gasteiger partial charge on any atom is -0.462 e. The average Bonchev–Trinajstić information content (AvgIpc) is 3.35. The summed E-state index contributed by atoms with van der Waals surface area (Å²) < 4.78 is 33.1. The van der Waals surface area contributed by atoms with E-state index in [0.29, 0.717) is 6.42 Å². The smallest absolute Gasteiger partial charge is 0.462 e. The van der Waals surface area contributed by atoms with Crippen LogP contribution in [0.15, 0.2) is 12.2 Å². The molecule has 0 heterocycles. The number of phosphoric acid groups is 1. The number of esters is 2. The summed E-state index contributed by atoms with van der Waals surface area (Å²) in [7, 11) is -4.38. The van der Waals surface area contributed by atoms with Crippen LogP contribution in [0.3, 0.4) is 0 Å². The Balaban J connectivity index is 3.87. The standard InChI is InChI=1S/C60H118NO8P/c1-3-5-7-9-11-13-15-17-19-21-23-25-26-27-28-29-30-31-33-34-36-38-40-42-44-46-48-50-52-59(62)66-56-58(57-68-70(64,65)67-55-54-61)69-60(63)53-51-49-47-45-43-41-39-37-35-32-24-22-20-18-16-14-12-10-8-6-4-2/h22,24,58H,3-21,23,25-57,61H2,1-2H3,(H,64,65)/b24-22-. The molecule has 0 aromatic carbocycles. The molecule has 2 atom stereocenters. The van der Waals surface area contributed by atoms with Crippen LogP contribution in [0.2, 0.25) is 0 Å². The molecule has 0 saturated carbocycles. The van der Waals surface area contributed by atoms with Gasteiger partial charge in [-0.3, -0.25) is 18.6 Å². The van der Waals surface area contributed by atoms with E-state index in [1.807, 2.05) is 0 Å². The van der Waals surface area contributed by atoms with Crippen LogP contribution in [-0.4, -0.2) is 49.3 Å². The van der Waals surface area contributed by atoms with Crippen molar-refractivity contribution in [3.8, 4) is 0 Å². The molecule has 0 rings (SSSR count). The van der Waals surface area contributed by atoms with Crippen molar-refractivity contribution in [3.05, 3.63) is 12.2 Å². The summed E-state index contributed by atoms with van der Waals surface area (Å²) in [5.41, 5.74) is 5.39. The lowest BCUT2D eigenvalue weighted by molar-refractivity contribution is -0.161. The van der Waals surface area contributed by atoms with E-state index in [1.54, 1.807) is 0 Å². The molecule has 0 aromatic rings. The van der Waals surface area contributed by atoms with Gasteiger partial charge in [0, 0.05) is 19.4 Å². The Morgan fingerprint density at radius 2 is 0.700 bits per heavy atom. The molecule has 0 spiro atoms. The largest absolute Gasteiger partial charge is 0.472 e. The molecule has 0 bridgehead atoms. The minimum atomic E-state index is -4.38. The van der Waals surface area contributed by atoms with Gasteiger partial charge in [0.15, 0.2) is 6.10 Å². The molecule has 10 heteroatoms. The number of hydrogen-bond acceptors (Lipinski definition) is 8. The number of allylic oxidation sites excluding steroid dienone is 2. The summed E-state index contributed by atoms with van der Waals surface area (Å²) in [6.45, 7) is 3.81. The molecule has 0 saturated heterocycles. The van der Waals surface area contributed by atoms with E-state index in [4.69, 9.17) is 24.3 Å². The third kappa shape index (κ3) is 56.1. The predicted molar refractivity (Wildman–Crippen MR) is 298 cm³/mol. The molecule has 9 nitrogen and oxygen atoms in total. The van der Waals surface area contributed by atoms with Crippen molar-refractivity contribution in [2.45, 2.75) is 335 Å². The summed E-state index contributed by atoms with van der Waals surface area (Å²) in [6.07, 6.45) is 65.7. The van der Waals surface area contributed by atoms with Crippen LogP contribution in [0.25, 0.3) is 0 Å². The number of carbonyl (C=O) groups excluding carboxylic acids is 2. The number of rotatable bonds is 59. The second-order valence-electron chi connectivity index (χ2n) is 20.9. The molecular weight excluding hydrogens is 894 g/mol. The highest BCUT2D eigenvalue weighted by Gasteiger charge is 2.26. The van der Waals surface area contributed by atoms with Crippen molar-refractivity contribution < 1.29 is 37.6 Å². The Hall–Kier alpha value is -1.25. The summed E-state index contributed by atoms with van der Waals surface area (Å²) in [4.78, 5) is 35.2. The predicted octanol–water partition coefficient (Wildman–Crippen LogP) is 19.2. The Morgan fingerprint density at radius 3 is 1.01 bits per heavy atom. The summed E-state index contributed by atoms with van der Waals surface area (Å²) in [6, 6.07) is 0. The van der Waals surface area contributed by atoms with Gasteiger partial charge in [0.1, 0.15) is 6.61 Å². The highest BCUT2D eigenvalue weighted by Crippen LogP contribution is 2.43. The van der Waals surface area contributed by atoms with Crippen molar-refractivity contribution in [1.29, 1.82) is 0 Å². The van der Waals surface area contributed by atoms with Crippen molar-refractivity contribution >= 4 is 19.8 Å². The maximum Gasteiger partial charge on any atom is 0.472 e. The maximum absolute atomic E-state index is 12.7. The fourth-order valence-electron chi connectivity index (χ4n) is 9.34. The van der Waals surface area contributed by atoms with Crippen LogP contribution in [0.4, 0.5) is 0 Å². The monoisotopic (exact) mass is 1010 g/mol. The molecule has 70 heavy (non-hydrogen) atoms. The highest BCUT2D eigenvalue weighted by molar-refractivity contribution is 7.47. The Kier molecular flexibility index (Phi) is 56.0. The summed E-state index contributed by atoms with van der Waals surface area (Å²) in [5, 5.41) is 0. The number of ether oxygens (including phenoxy) is 2. The second kappa shape index (κ2) is 57.0. The topological polar surface area (TPSA) is 134 Å². The second-order valence-corrected chi connectivity index (χ2v) is 22.4. The van der Waals surface area contributed by atoms with Crippen LogP contribution in [-0.2, 0) is 32.7 Å². The first-order valence-corrected chi connectivity index (χ1v) is 32.2. The lowest BCUT2D eigenvalue weighted by atomic mass is 10.0. The number of unbranched alkanes of at least 4 members (excludes halogenated alkanes) is 44. The van der Waals surface area contributed by atoms with Gasteiger partial charge in [0.25, 0.3) is 0 Å². The number of hydrogen-bond donors (Lipinski definition) is 2. The average molecular weight is 1010 g/mol. The molecule has 416 valence electrons. The van der Waals surface area contributed by atoms with E-state index in [1.165, 1.54) is 257 Å². The maximum atomic E-state index is 12.7. The van der Waals surface area contributed by atoms with Gasteiger partial charge in [-0.05, 0) is 38.5 Å². The summed E-state index contributed by atoms with van der Waals surface area (Å²) in [5.74, 6) is -0.809. The fourth-order valence-corrected chi connectivity index (χ4v) is 10.1. The lowest BCUT2D eigenvalue weighted by Gasteiger charge is -2.19. The lowest BCUT2D eigenvalue weighted by Crippen LogP contribution is -2.29. The van der Waals surface area contributed by atoms with Gasteiger partial charge < -0.3 is 20.1 Å². The molecule has 0 fully saturated rings. The zero-order valence-electron chi connectivity index (χ0n) is 46.5. The Bertz CT molecular complexity index is 1150. The Morgan fingerprint density at radius 1 is 0.414 bits per heavy atom. The van der Waals surface area contributed by atoms with Crippen molar-refractivity contribution in [1.82, 2.24) is 0 Å². The molecule has 0 radical (unpaired) electrons. The van der Waals surface area contributed by atoms with Crippen molar-refractivity contribution in [2.24, 2.45) is 5.73 Å². The molecule has 0 aromatic heterocycles. The molecule has 0 aliphatic rings. The van der Waals surface area contributed by atoms with E-state index in [-0.39, 0.29) is 38.6 Å². The van der Waals surface area contributed by atoms with Gasteiger partial charge in [-0.25, -0.2) is 4.57 Å². The van der Waals surface area contributed by atoms with E-state index >= 15 is 0 Å². The van der Waals surface area contributed by atoms with Gasteiger partial charge in [-0.15, -0.1) is 0 Å². The van der Waals surface area contributed by atoms with E-state index in [0.717, 1.165) is 38.5 Å². The number of carbonyl (C=O) groups is 2. The fraction of sp³-hybridized carbons (Fsp3) is 0.933. The van der Waals surface area contributed by atoms with Crippen LogP contribution in [0.5, 0.6) is 0 Å². The first kappa shape index (κ1) is 68.8. The minimum absolute atomic E-state index is 0.0565. The number of phosphoric ester groups is 1. The summed E-state index contributed by atoms with van der Waals surface area (Å²) >= 11 is 0. The SMILES string of the molecule is CCCCCCCCCC/C=C\CCCCCCCCCCCC(=O)OC(COC(=O)CCCCCCCCCCCCCCCCCCCCCCCCCCCCCC)COP(=O)(O)OCCN. The zero-order chi connectivity index (χ0) is 51.0. The van der Waals surface area contributed by atoms with Crippen LogP contribution in [0, 0.1) is 0 Å². The zero-order valence-corrected chi connectivity index (χ0v) is 47.4. The molecule has 3 N–H and O–H groups in total. The van der Waals surface area contributed by atoms with Crippen molar-refractivity contribution in [3.63, 3.8) is 0 Å². The quantitative estimate of drug-likeness (QED) is 0.0264. The molecule has 2 unspecified atom stereocenters. The van der Waals surface area contributed by atoms with E-state index in [2.05, 4.69) is 26.0 Å². The molecule has 0 amide bonds. The third-order valence-corrected chi connectivity index (χ3v) is 14.9. The first-order valence-electron chi connectivity index (χ1n) is 30.7. The molecular formula is C60H118NO8P. The van der Waals surface area contributed by atoms with Gasteiger partial charge in [-0.1, -0.05) is 289 Å². The van der Waals surface area contributed by atoms with Gasteiger partial charge in [0.2, 0.25) is 0 Å². The van der Waals surface area contributed by atoms with E-state index < -0.39 is 26.5 Å². The van der Waals surface area contributed by atoms with E-state index in [9.17, 15) is 19.0 Å².